The van der Waals surface area contributed by atoms with Crippen molar-refractivity contribution in [2.24, 2.45) is 0 Å². The van der Waals surface area contributed by atoms with Gasteiger partial charge < -0.3 is 0 Å². The Hall–Kier alpha value is -1.27. The van der Waals surface area contributed by atoms with E-state index >= 15 is 0 Å². The quantitative estimate of drug-likeness (QED) is 0.640. The van der Waals surface area contributed by atoms with Gasteiger partial charge in [-0.3, -0.25) is 0 Å². The Kier molecular flexibility index (Phi) is 2.55. The molecule has 0 spiro atoms. The van der Waals surface area contributed by atoms with Gasteiger partial charge in [0.15, 0.2) is 0 Å². The number of fused-ring (bicyclic) bond motifs is 1. The molecule has 0 atom stereocenters. The second-order valence-electron chi connectivity index (χ2n) is 3.20. The summed E-state index contributed by atoms with van der Waals surface area (Å²) in [6.07, 6.45) is 1.88. The molecule has 0 fully saturated rings. The van der Waals surface area contributed by atoms with Gasteiger partial charge in [-0.2, -0.15) is 0 Å². The lowest BCUT2D eigenvalue weighted by Crippen LogP contribution is -1.84. The van der Waals surface area contributed by atoms with Crippen LogP contribution in [0.5, 0.6) is 0 Å². The standard InChI is InChI=1S/C13H11Cl/c1-2-10-7-8-11(9-14)13-6-4-3-5-12(10)13/h2-8H,1,9H2. The Balaban J connectivity index is 2.84. The van der Waals surface area contributed by atoms with Gasteiger partial charge in [-0.25, -0.2) is 0 Å². The topological polar surface area (TPSA) is 0 Å². The molecule has 0 bridgehead atoms. The molecule has 0 N–H and O–H groups in total. The highest BCUT2D eigenvalue weighted by Crippen LogP contribution is 2.24. The van der Waals surface area contributed by atoms with Crippen molar-refractivity contribution in [1.82, 2.24) is 0 Å². The molecular formula is C13H11Cl. The molecule has 2 aromatic rings. The van der Waals surface area contributed by atoms with Crippen LogP contribution in [0.15, 0.2) is 43.0 Å². The van der Waals surface area contributed by atoms with Gasteiger partial charge in [0.05, 0.1) is 0 Å². The van der Waals surface area contributed by atoms with Gasteiger partial charge in [-0.05, 0) is 21.9 Å². The maximum Gasteiger partial charge on any atom is 0.0480 e. The molecule has 2 rings (SSSR count). The third-order valence-electron chi connectivity index (χ3n) is 2.41. The molecule has 0 saturated heterocycles. The average Bonchev–Trinajstić information content (AvgIpc) is 2.27. The molecule has 0 aliphatic heterocycles. The van der Waals surface area contributed by atoms with Gasteiger partial charge in [0.25, 0.3) is 0 Å². The molecule has 0 unspecified atom stereocenters. The minimum absolute atomic E-state index is 0.554. The Morgan fingerprint density at radius 3 is 2.43 bits per heavy atom. The maximum atomic E-state index is 5.88. The number of hydrogen-bond acceptors (Lipinski definition) is 0. The first kappa shape index (κ1) is 9.29. The fourth-order valence-electron chi connectivity index (χ4n) is 1.68. The Morgan fingerprint density at radius 2 is 1.79 bits per heavy atom. The van der Waals surface area contributed by atoms with Gasteiger partial charge >= 0.3 is 0 Å². The summed E-state index contributed by atoms with van der Waals surface area (Å²) in [7, 11) is 0. The highest BCUT2D eigenvalue weighted by atomic mass is 35.5. The van der Waals surface area contributed by atoms with Gasteiger partial charge in [0.1, 0.15) is 0 Å². The lowest BCUT2D eigenvalue weighted by atomic mass is 10.0. The van der Waals surface area contributed by atoms with Crippen LogP contribution < -0.4 is 0 Å². The van der Waals surface area contributed by atoms with E-state index in [2.05, 4.69) is 30.8 Å². The minimum atomic E-state index is 0.554. The number of rotatable bonds is 2. The highest BCUT2D eigenvalue weighted by Gasteiger charge is 2.01. The van der Waals surface area contributed by atoms with Crippen molar-refractivity contribution in [3.05, 3.63) is 54.1 Å². The van der Waals surface area contributed by atoms with Gasteiger partial charge in [-0.1, -0.05) is 49.1 Å². The van der Waals surface area contributed by atoms with E-state index < -0.39 is 0 Å². The number of benzene rings is 2. The van der Waals surface area contributed by atoms with Crippen LogP contribution in [0.4, 0.5) is 0 Å². The number of alkyl halides is 1. The molecule has 0 aliphatic carbocycles. The minimum Gasteiger partial charge on any atom is -0.122 e. The van der Waals surface area contributed by atoms with Crippen LogP contribution in [0, 0.1) is 0 Å². The van der Waals surface area contributed by atoms with Crippen molar-refractivity contribution in [3.8, 4) is 0 Å². The smallest absolute Gasteiger partial charge is 0.0480 e. The van der Waals surface area contributed by atoms with E-state index in [-0.39, 0.29) is 0 Å². The maximum absolute atomic E-state index is 5.88. The Labute approximate surface area is 88.8 Å². The van der Waals surface area contributed by atoms with Crippen molar-refractivity contribution in [3.63, 3.8) is 0 Å². The van der Waals surface area contributed by atoms with Crippen molar-refractivity contribution < 1.29 is 0 Å². The zero-order valence-electron chi connectivity index (χ0n) is 7.83. The highest BCUT2D eigenvalue weighted by molar-refractivity contribution is 6.18. The summed E-state index contributed by atoms with van der Waals surface area (Å²) >= 11 is 5.88. The summed E-state index contributed by atoms with van der Waals surface area (Å²) in [6, 6.07) is 12.4. The monoisotopic (exact) mass is 202 g/mol. The van der Waals surface area contributed by atoms with Crippen LogP contribution in [-0.2, 0) is 5.88 Å². The Morgan fingerprint density at radius 1 is 1.07 bits per heavy atom. The average molecular weight is 203 g/mol. The van der Waals surface area contributed by atoms with Crippen molar-refractivity contribution in [1.29, 1.82) is 0 Å². The fraction of sp³-hybridized carbons (Fsp3) is 0.0769. The molecule has 0 radical (unpaired) electrons. The summed E-state index contributed by atoms with van der Waals surface area (Å²) in [5.41, 5.74) is 2.34. The lowest BCUT2D eigenvalue weighted by molar-refractivity contribution is 1.45. The third-order valence-corrected chi connectivity index (χ3v) is 2.70. The second kappa shape index (κ2) is 3.85. The summed E-state index contributed by atoms with van der Waals surface area (Å²) < 4.78 is 0. The van der Waals surface area contributed by atoms with Crippen LogP contribution in [0.2, 0.25) is 0 Å². The SMILES string of the molecule is C=Cc1ccc(CCl)c2ccccc12. The first-order valence-electron chi connectivity index (χ1n) is 4.56. The van der Waals surface area contributed by atoms with E-state index in [1.165, 1.54) is 16.3 Å². The molecule has 0 aromatic heterocycles. The summed E-state index contributed by atoms with van der Waals surface area (Å²) in [6.45, 7) is 3.80. The molecule has 0 amide bonds. The second-order valence-corrected chi connectivity index (χ2v) is 3.46. The van der Waals surface area contributed by atoms with E-state index in [4.69, 9.17) is 11.6 Å². The zero-order chi connectivity index (χ0) is 9.97. The molecule has 0 heterocycles. The normalized spacial score (nSPS) is 10.4. The van der Waals surface area contributed by atoms with Gasteiger partial charge in [0, 0.05) is 5.88 Å². The predicted molar refractivity (Wildman–Crippen MR) is 63.6 cm³/mol. The van der Waals surface area contributed by atoms with Crippen molar-refractivity contribution in [2.45, 2.75) is 5.88 Å². The van der Waals surface area contributed by atoms with E-state index in [0.717, 1.165) is 5.56 Å². The molecule has 2 aromatic carbocycles. The van der Waals surface area contributed by atoms with Crippen molar-refractivity contribution >= 4 is 28.4 Å². The molecule has 70 valence electrons. The zero-order valence-corrected chi connectivity index (χ0v) is 8.59. The molecule has 0 aliphatic rings. The fourth-order valence-corrected chi connectivity index (χ4v) is 1.91. The molecular weight excluding hydrogens is 192 g/mol. The molecule has 14 heavy (non-hydrogen) atoms. The molecule has 0 nitrogen and oxygen atoms in total. The van der Waals surface area contributed by atoms with Crippen LogP contribution in [-0.4, -0.2) is 0 Å². The first-order valence-corrected chi connectivity index (χ1v) is 5.09. The summed E-state index contributed by atoms with van der Waals surface area (Å²) in [5.74, 6) is 0.554. The summed E-state index contributed by atoms with van der Waals surface area (Å²) in [5, 5.41) is 2.44. The molecule has 0 saturated carbocycles. The van der Waals surface area contributed by atoms with Crippen LogP contribution in [0.25, 0.3) is 16.8 Å². The predicted octanol–water partition coefficient (Wildman–Crippen LogP) is 4.22. The van der Waals surface area contributed by atoms with Crippen LogP contribution >= 0.6 is 11.6 Å². The lowest BCUT2D eigenvalue weighted by Gasteiger charge is -2.06. The van der Waals surface area contributed by atoms with Crippen LogP contribution in [0.1, 0.15) is 11.1 Å². The number of halogens is 1. The van der Waals surface area contributed by atoms with Gasteiger partial charge in [-0.15, -0.1) is 11.6 Å². The first-order chi connectivity index (χ1) is 6.86. The largest absolute Gasteiger partial charge is 0.122 e. The van der Waals surface area contributed by atoms with Gasteiger partial charge in [0.2, 0.25) is 0 Å². The van der Waals surface area contributed by atoms with E-state index in [9.17, 15) is 0 Å². The summed E-state index contributed by atoms with van der Waals surface area (Å²) in [4.78, 5) is 0. The third kappa shape index (κ3) is 1.42. The van der Waals surface area contributed by atoms with E-state index in [0.29, 0.717) is 5.88 Å². The molecule has 1 heteroatoms. The van der Waals surface area contributed by atoms with Crippen molar-refractivity contribution in [2.75, 3.05) is 0 Å². The van der Waals surface area contributed by atoms with E-state index in [1.807, 2.05) is 18.2 Å². The van der Waals surface area contributed by atoms with E-state index in [1.54, 1.807) is 0 Å². The Bertz CT molecular complexity index is 472. The number of hydrogen-bond donors (Lipinski definition) is 0. The van der Waals surface area contributed by atoms with Crippen LogP contribution in [0.3, 0.4) is 0 Å².